The first-order chi connectivity index (χ1) is 8.56. The van der Waals surface area contributed by atoms with E-state index in [2.05, 4.69) is 0 Å². The fraction of sp³-hybridized carbons (Fsp3) is 0.364. The van der Waals surface area contributed by atoms with Gasteiger partial charge < -0.3 is 14.9 Å². The summed E-state index contributed by atoms with van der Waals surface area (Å²) in [7, 11) is 0. The van der Waals surface area contributed by atoms with Gasteiger partial charge in [-0.3, -0.25) is 10.1 Å². The Hall–Kier alpha value is -2.15. The Bertz CT molecular complexity index is 445. The van der Waals surface area contributed by atoms with Crippen LogP contribution in [-0.4, -0.2) is 34.3 Å². The Morgan fingerprint density at radius 1 is 1.39 bits per heavy atom. The summed E-state index contributed by atoms with van der Waals surface area (Å²) in [5.41, 5.74) is -0.870. The summed E-state index contributed by atoms with van der Waals surface area (Å²) in [5, 5.41) is 28.0. The molecule has 18 heavy (non-hydrogen) atoms. The topological polar surface area (TPSA) is 110 Å². The van der Waals surface area contributed by atoms with Crippen LogP contribution in [-0.2, 0) is 0 Å². The number of aliphatic hydroxyl groups excluding tert-OH is 1. The summed E-state index contributed by atoms with van der Waals surface area (Å²) in [6.07, 6.45) is 1.20. The fourth-order valence-electron chi connectivity index (χ4n) is 1.34. The number of carboxylic acid groups (broad SMARTS) is 1. The molecular formula is C11H13NO6. The van der Waals surface area contributed by atoms with Crippen molar-refractivity contribution in [1.82, 2.24) is 0 Å². The highest BCUT2D eigenvalue weighted by Crippen LogP contribution is 2.24. The number of nitrogens with zero attached hydrogens (tertiary/aromatic N) is 1. The van der Waals surface area contributed by atoms with Gasteiger partial charge in [0, 0.05) is 18.7 Å². The van der Waals surface area contributed by atoms with E-state index in [4.69, 9.17) is 14.9 Å². The summed E-state index contributed by atoms with van der Waals surface area (Å²) in [5.74, 6) is -1.11. The van der Waals surface area contributed by atoms with Gasteiger partial charge in [-0.05, 0) is 18.9 Å². The van der Waals surface area contributed by atoms with Crippen molar-refractivity contribution in [2.24, 2.45) is 0 Å². The molecule has 0 aliphatic rings. The van der Waals surface area contributed by atoms with Crippen LogP contribution in [0.4, 0.5) is 5.69 Å². The van der Waals surface area contributed by atoms with Gasteiger partial charge in [0.25, 0.3) is 5.69 Å². The van der Waals surface area contributed by atoms with Crippen LogP contribution in [0.15, 0.2) is 18.2 Å². The van der Waals surface area contributed by atoms with E-state index in [1.54, 1.807) is 0 Å². The van der Waals surface area contributed by atoms with E-state index in [1.165, 1.54) is 6.07 Å². The highest BCUT2D eigenvalue weighted by Gasteiger charge is 2.20. The number of aliphatic hydroxyl groups is 1. The Morgan fingerprint density at radius 2 is 2.11 bits per heavy atom. The molecule has 0 unspecified atom stereocenters. The van der Waals surface area contributed by atoms with Gasteiger partial charge in [0.2, 0.25) is 0 Å². The lowest BCUT2D eigenvalue weighted by Gasteiger charge is -2.06. The highest BCUT2D eigenvalue weighted by molar-refractivity contribution is 5.92. The number of nitro benzene ring substituents is 1. The second-order valence-corrected chi connectivity index (χ2v) is 3.52. The molecule has 0 aromatic heterocycles. The zero-order valence-electron chi connectivity index (χ0n) is 9.54. The zero-order chi connectivity index (χ0) is 13.5. The molecule has 0 radical (unpaired) electrons. The molecule has 7 nitrogen and oxygen atoms in total. The van der Waals surface area contributed by atoms with Crippen LogP contribution in [0.3, 0.4) is 0 Å². The largest absolute Gasteiger partial charge is 0.494 e. The Balaban J connectivity index is 2.80. The molecule has 1 aromatic rings. The molecule has 1 rings (SSSR count). The van der Waals surface area contributed by atoms with Crippen LogP contribution >= 0.6 is 0 Å². The molecule has 0 saturated heterocycles. The first-order valence-corrected chi connectivity index (χ1v) is 5.31. The van der Waals surface area contributed by atoms with Gasteiger partial charge in [-0.2, -0.15) is 0 Å². The fourth-order valence-corrected chi connectivity index (χ4v) is 1.34. The van der Waals surface area contributed by atoms with Crippen LogP contribution in [0.25, 0.3) is 0 Å². The predicted molar refractivity (Wildman–Crippen MR) is 61.9 cm³/mol. The minimum Gasteiger partial charge on any atom is -0.494 e. The molecule has 0 aliphatic heterocycles. The number of unbranched alkanes of at least 4 members (excludes halogenated alkanes) is 1. The number of carbonyl (C=O) groups is 1. The molecule has 0 amide bonds. The molecule has 0 saturated carbocycles. The molecule has 0 aliphatic carbocycles. The SMILES string of the molecule is O=C(O)c1cc(OCCCCO)ccc1[N+](=O)[O-]. The van der Waals surface area contributed by atoms with Crippen molar-refractivity contribution in [3.05, 3.63) is 33.9 Å². The second kappa shape index (κ2) is 6.55. The molecule has 1 aromatic carbocycles. The number of nitro groups is 1. The van der Waals surface area contributed by atoms with E-state index in [0.717, 1.165) is 12.1 Å². The number of aromatic carboxylic acids is 1. The van der Waals surface area contributed by atoms with Crippen molar-refractivity contribution in [3.8, 4) is 5.75 Å². The minimum absolute atomic E-state index is 0.0595. The van der Waals surface area contributed by atoms with Crippen molar-refractivity contribution < 1.29 is 24.7 Å². The number of hydrogen-bond donors (Lipinski definition) is 2. The van der Waals surface area contributed by atoms with Crippen LogP contribution < -0.4 is 4.74 Å². The molecule has 0 fully saturated rings. The number of rotatable bonds is 7. The smallest absolute Gasteiger partial charge is 0.342 e. The lowest BCUT2D eigenvalue weighted by molar-refractivity contribution is -0.385. The monoisotopic (exact) mass is 255 g/mol. The van der Waals surface area contributed by atoms with E-state index < -0.39 is 22.1 Å². The van der Waals surface area contributed by atoms with Crippen LogP contribution in [0.5, 0.6) is 5.75 Å². The molecule has 0 spiro atoms. The summed E-state index contributed by atoms with van der Waals surface area (Å²) in [4.78, 5) is 20.7. The number of ether oxygens (including phenoxy) is 1. The van der Waals surface area contributed by atoms with Crippen LogP contribution in [0.1, 0.15) is 23.2 Å². The Labute approximate surface area is 103 Å². The van der Waals surface area contributed by atoms with E-state index in [-0.39, 0.29) is 12.4 Å². The summed E-state index contributed by atoms with van der Waals surface area (Å²) < 4.78 is 5.24. The minimum atomic E-state index is -1.37. The molecular weight excluding hydrogens is 242 g/mol. The summed E-state index contributed by atoms with van der Waals surface area (Å²) in [6.45, 7) is 0.376. The third kappa shape index (κ3) is 3.70. The third-order valence-corrected chi connectivity index (χ3v) is 2.22. The molecule has 0 heterocycles. The van der Waals surface area contributed by atoms with Crippen molar-refractivity contribution in [1.29, 1.82) is 0 Å². The highest BCUT2D eigenvalue weighted by atomic mass is 16.6. The first-order valence-electron chi connectivity index (χ1n) is 5.31. The maximum absolute atomic E-state index is 10.9. The number of carboxylic acids is 1. The first kappa shape index (κ1) is 13.9. The predicted octanol–water partition coefficient (Wildman–Crippen LogP) is 1.44. The second-order valence-electron chi connectivity index (χ2n) is 3.52. The van der Waals surface area contributed by atoms with Gasteiger partial charge in [-0.1, -0.05) is 0 Å². The standard InChI is InChI=1S/C11H13NO6/c13-5-1-2-6-18-8-3-4-10(12(16)17)9(7-8)11(14)15/h3-4,7,13H,1-2,5-6H2,(H,14,15). The zero-order valence-corrected chi connectivity index (χ0v) is 9.54. The van der Waals surface area contributed by atoms with Crippen molar-refractivity contribution in [2.75, 3.05) is 13.2 Å². The van der Waals surface area contributed by atoms with E-state index >= 15 is 0 Å². The summed E-state index contributed by atoms with van der Waals surface area (Å²) >= 11 is 0. The maximum Gasteiger partial charge on any atom is 0.342 e. The average molecular weight is 255 g/mol. The number of benzene rings is 1. The third-order valence-electron chi connectivity index (χ3n) is 2.22. The lowest BCUT2D eigenvalue weighted by Crippen LogP contribution is -2.04. The van der Waals surface area contributed by atoms with E-state index in [1.807, 2.05) is 0 Å². The van der Waals surface area contributed by atoms with Crippen molar-refractivity contribution >= 4 is 11.7 Å². The van der Waals surface area contributed by atoms with Crippen LogP contribution in [0, 0.1) is 10.1 Å². The lowest BCUT2D eigenvalue weighted by atomic mass is 10.1. The van der Waals surface area contributed by atoms with Gasteiger partial charge in [0.05, 0.1) is 11.5 Å². The molecule has 0 atom stereocenters. The Morgan fingerprint density at radius 3 is 2.67 bits per heavy atom. The van der Waals surface area contributed by atoms with Gasteiger partial charge >= 0.3 is 5.97 Å². The number of hydrogen-bond acceptors (Lipinski definition) is 5. The van der Waals surface area contributed by atoms with E-state index in [0.29, 0.717) is 19.4 Å². The van der Waals surface area contributed by atoms with Crippen LogP contribution in [0.2, 0.25) is 0 Å². The quantitative estimate of drug-likeness (QED) is 0.433. The Kier molecular flexibility index (Phi) is 5.06. The average Bonchev–Trinajstić information content (AvgIpc) is 2.34. The van der Waals surface area contributed by atoms with Gasteiger partial charge in [-0.25, -0.2) is 4.79 Å². The maximum atomic E-state index is 10.9. The normalized spacial score (nSPS) is 10.1. The van der Waals surface area contributed by atoms with Gasteiger partial charge in [0.1, 0.15) is 11.3 Å². The summed E-state index contributed by atoms with van der Waals surface area (Å²) in [6, 6.07) is 3.58. The molecule has 0 bridgehead atoms. The molecule has 2 N–H and O–H groups in total. The van der Waals surface area contributed by atoms with Gasteiger partial charge in [-0.15, -0.1) is 0 Å². The molecule has 7 heteroatoms. The van der Waals surface area contributed by atoms with Crippen molar-refractivity contribution in [3.63, 3.8) is 0 Å². The van der Waals surface area contributed by atoms with Crippen molar-refractivity contribution in [2.45, 2.75) is 12.8 Å². The molecule has 98 valence electrons. The van der Waals surface area contributed by atoms with E-state index in [9.17, 15) is 14.9 Å². The van der Waals surface area contributed by atoms with Gasteiger partial charge in [0.15, 0.2) is 0 Å².